The first-order valence-corrected chi connectivity index (χ1v) is 6.00. The van der Waals surface area contributed by atoms with E-state index in [1.807, 2.05) is 4.68 Å². The minimum Gasteiger partial charge on any atom is -0.396 e. The molecule has 1 aromatic heterocycles. The second kappa shape index (κ2) is 6.36. The smallest absolute Gasteiger partial charge is 0.100 e. The normalized spacial score (nSPS) is 12.7. The molecule has 17 heavy (non-hydrogen) atoms. The van der Waals surface area contributed by atoms with Gasteiger partial charge in [-0.05, 0) is 18.3 Å². The predicted molar refractivity (Wildman–Crippen MR) is 64.3 cm³/mol. The van der Waals surface area contributed by atoms with Crippen LogP contribution in [0.25, 0.3) is 0 Å². The van der Waals surface area contributed by atoms with Crippen molar-refractivity contribution in [1.82, 2.24) is 15.0 Å². The summed E-state index contributed by atoms with van der Waals surface area (Å²) in [5.41, 5.74) is 1.81. The van der Waals surface area contributed by atoms with Crippen molar-refractivity contribution < 1.29 is 5.11 Å². The Morgan fingerprint density at radius 2 is 2.12 bits per heavy atom. The van der Waals surface area contributed by atoms with Crippen LogP contribution in [0.3, 0.4) is 0 Å². The molecule has 0 saturated heterocycles. The van der Waals surface area contributed by atoms with Crippen LogP contribution in [0, 0.1) is 17.2 Å². The van der Waals surface area contributed by atoms with Gasteiger partial charge in [-0.25, -0.2) is 4.68 Å². The number of nitriles is 1. The van der Waals surface area contributed by atoms with Gasteiger partial charge < -0.3 is 5.11 Å². The fraction of sp³-hybridized carbons (Fsp3) is 0.750. The van der Waals surface area contributed by atoms with E-state index in [0.29, 0.717) is 18.3 Å². The highest BCUT2D eigenvalue weighted by Gasteiger charge is 2.17. The summed E-state index contributed by atoms with van der Waals surface area (Å²) in [5, 5.41) is 25.8. The largest absolute Gasteiger partial charge is 0.396 e. The molecule has 5 heteroatoms. The molecule has 0 amide bonds. The van der Waals surface area contributed by atoms with Gasteiger partial charge in [0.05, 0.1) is 18.2 Å². The van der Waals surface area contributed by atoms with Crippen LogP contribution in [-0.2, 0) is 13.0 Å². The number of rotatable bonds is 6. The molecule has 0 bridgehead atoms. The Morgan fingerprint density at radius 1 is 1.41 bits per heavy atom. The van der Waals surface area contributed by atoms with Crippen molar-refractivity contribution in [3.63, 3.8) is 0 Å². The van der Waals surface area contributed by atoms with Gasteiger partial charge in [-0.15, -0.1) is 5.10 Å². The molecular weight excluding hydrogens is 216 g/mol. The molecule has 1 atom stereocenters. The van der Waals surface area contributed by atoms with E-state index >= 15 is 0 Å². The average Bonchev–Trinajstić information content (AvgIpc) is 2.62. The third-order valence-corrected chi connectivity index (χ3v) is 2.75. The third kappa shape index (κ3) is 3.53. The maximum absolute atomic E-state index is 8.89. The van der Waals surface area contributed by atoms with Crippen LogP contribution in [0.2, 0.25) is 0 Å². The molecule has 1 rings (SSSR count). The Bertz CT molecular complexity index is 392. The summed E-state index contributed by atoms with van der Waals surface area (Å²) in [6.07, 6.45) is 1.06. The number of nitrogens with zero attached hydrogens (tertiary/aromatic N) is 4. The minimum atomic E-state index is 0.192. The Morgan fingerprint density at radius 3 is 2.65 bits per heavy atom. The maximum atomic E-state index is 8.89. The first kappa shape index (κ1) is 13.7. The predicted octanol–water partition coefficient (Wildman–Crippen LogP) is 1.49. The summed E-state index contributed by atoms with van der Waals surface area (Å²) < 4.78 is 1.87. The van der Waals surface area contributed by atoms with Crippen molar-refractivity contribution in [1.29, 1.82) is 5.26 Å². The second-order valence-electron chi connectivity index (χ2n) is 4.71. The number of aromatic nitrogens is 3. The van der Waals surface area contributed by atoms with Crippen molar-refractivity contribution in [2.24, 2.45) is 5.92 Å². The highest BCUT2D eigenvalue weighted by molar-refractivity contribution is 5.17. The van der Waals surface area contributed by atoms with Crippen LogP contribution in [0.1, 0.15) is 44.5 Å². The number of aliphatic hydroxyl groups is 1. The zero-order chi connectivity index (χ0) is 12.8. The van der Waals surface area contributed by atoms with Crippen molar-refractivity contribution in [3.8, 4) is 6.07 Å². The van der Waals surface area contributed by atoms with Gasteiger partial charge in [-0.3, -0.25) is 0 Å². The van der Waals surface area contributed by atoms with Gasteiger partial charge in [0, 0.05) is 13.2 Å². The van der Waals surface area contributed by atoms with E-state index in [9.17, 15) is 0 Å². The molecule has 0 aliphatic rings. The van der Waals surface area contributed by atoms with E-state index in [4.69, 9.17) is 10.4 Å². The lowest BCUT2D eigenvalue weighted by atomic mass is 10.0. The molecular formula is C12H20N4O. The van der Waals surface area contributed by atoms with Crippen molar-refractivity contribution in [3.05, 3.63) is 11.4 Å². The Hall–Kier alpha value is -1.41. The van der Waals surface area contributed by atoms with Crippen molar-refractivity contribution in [2.75, 3.05) is 6.61 Å². The SMILES string of the molecule is CC(CCO)Cn1nnc(CC#N)c1C(C)C. The number of hydrogen-bond donors (Lipinski definition) is 1. The van der Waals surface area contributed by atoms with Gasteiger partial charge >= 0.3 is 0 Å². The van der Waals surface area contributed by atoms with Gasteiger partial charge in [0.15, 0.2) is 0 Å². The molecule has 0 saturated carbocycles. The lowest BCUT2D eigenvalue weighted by Crippen LogP contribution is -2.14. The monoisotopic (exact) mass is 236 g/mol. The molecule has 0 radical (unpaired) electrons. The van der Waals surface area contributed by atoms with Gasteiger partial charge in [0.25, 0.3) is 0 Å². The van der Waals surface area contributed by atoms with E-state index in [0.717, 1.165) is 24.4 Å². The zero-order valence-corrected chi connectivity index (χ0v) is 10.7. The van der Waals surface area contributed by atoms with Crippen LogP contribution in [0.4, 0.5) is 0 Å². The van der Waals surface area contributed by atoms with Crippen molar-refractivity contribution >= 4 is 0 Å². The molecule has 1 N–H and O–H groups in total. The summed E-state index contributed by atoms with van der Waals surface area (Å²) >= 11 is 0. The van der Waals surface area contributed by atoms with Gasteiger partial charge in [-0.2, -0.15) is 5.26 Å². The lowest BCUT2D eigenvalue weighted by molar-refractivity contribution is 0.249. The number of hydrogen-bond acceptors (Lipinski definition) is 4. The van der Waals surface area contributed by atoms with Gasteiger partial charge in [0.2, 0.25) is 0 Å². The van der Waals surface area contributed by atoms with E-state index < -0.39 is 0 Å². The second-order valence-corrected chi connectivity index (χ2v) is 4.71. The molecule has 0 spiro atoms. The third-order valence-electron chi connectivity index (χ3n) is 2.75. The maximum Gasteiger partial charge on any atom is 0.100 e. The summed E-state index contributed by atoms with van der Waals surface area (Å²) in [6.45, 7) is 7.16. The molecule has 1 aromatic rings. The molecule has 94 valence electrons. The first-order chi connectivity index (χ1) is 8.10. The fourth-order valence-corrected chi connectivity index (χ4v) is 1.93. The van der Waals surface area contributed by atoms with Gasteiger partial charge in [0.1, 0.15) is 5.69 Å². The van der Waals surface area contributed by atoms with Crippen LogP contribution >= 0.6 is 0 Å². The van der Waals surface area contributed by atoms with E-state index in [2.05, 4.69) is 37.2 Å². The van der Waals surface area contributed by atoms with Crippen LogP contribution < -0.4 is 0 Å². The Labute approximate surface area is 102 Å². The minimum absolute atomic E-state index is 0.192. The standard InChI is InChI=1S/C12H20N4O/c1-9(2)12-11(4-6-13)14-15-16(12)8-10(3)5-7-17/h9-10,17H,4-5,7-8H2,1-3H3. The van der Waals surface area contributed by atoms with Gasteiger partial charge in [-0.1, -0.05) is 26.0 Å². The molecule has 5 nitrogen and oxygen atoms in total. The van der Waals surface area contributed by atoms with E-state index in [1.54, 1.807) is 0 Å². The summed E-state index contributed by atoms with van der Waals surface area (Å²) in [4.78, 5) is 0. The quantitative estimate of drug-likeness (QED) is 0.812. The lowest BCUT2D eigenvalue weighted by Gasteiger charge is -2.14. The topological polar surface area (TPSA) is 74.7 Å². The Balaban J connectivity index is 2.88. The summed E-state index contributed by atoms with van der Waals surface area (Å²) in [6, 6.07) is 2.12. The van der Waals surface area contributed by atoms with Crippen LogP contribution in [0.5, 0.6) is 0 Å². The first-order valence-electron chi connectivity index (χ1n) is 6.00. The molecule has 1 unspecified atom stereocenters. The molecule has 0 aliphatic heterocycles. The fourth-order valence-electron chi connectivity index (χ4n) is 1.93. The molecule has 0 fully saturated rings. The number of aliphatic hydroxyl groups excluding tert-OH is 1. The van der Waals surface area contributed by atoms with Crippen molar-refractivity contribution in [2.45, 2.75) is 46.1 Å². The molecule has 0 aromatic carbocycles. The zero-order valence-electron chi connectivity index (χ0n) is 10.7. The van der Waals surface area contributed by atoms with Crippen LogP contribution in [0.15, 0.2) is 0 Å². The highest BCUT2D eigenvalue weighted by Crippen LogP contribution is 2.19. The Kier molecular flexibility index (Phi) is 5.11. The molecule has 0 aliphatic carbocycles. The average molecular weight is 236 g/mol. The van der Waals surface area contributed by atoms with Crippen LogP contribution in [-0.4, -0.2) is 26.7 Å². The molecule has 1 heterocycles. The highest BCUT2D eigenvalue weighted by atomic mass is 16.3. The summed E-state index contributed by atoms with van der Waals surface area (Å²) in [7, 11) is 0. The van der Waals surface area contributed by atoms with E-state index in [-0.39, 0.29) is 6.61 Å². The summed E-state index contributed by atoms with van der Waals surface area (Å²) in [5.74, 6) is 0.656. The van der Waals surface area contributed by atoms with E-state index in [1.165, 1.54) is 0 Å².